The van der Waals surface area contributed by atoms with Crippen molar-refractivity contribution in [3.8, 4) is 5.88 Å². The number of carbonyl (C=O) groups excluding carboxylic acids is 2. The minimum Gasteiger partial charge on any atom is -0.474 e. The predicted molar refractivity (Wildman–Crippen MR) is 144 cm³/mol. The van der Waals surface area contributed by atoms with Gasteiger partial charge in [0.25, 0.3) is 11.8 Å². The number of carbonyl (C=O) groups is 2. The molecule has 2 heterocycles. The largest absolute Gasteiger partial charge is 0.474 e. The minimum absolute atomic E-state index is 0.0552. The average molecular weight is 539 g/mol. The van der Waals surface area contributed by atoms with Crippen LogP contribution in [0.25, 0.3) is 0 Å². The first-order valence-electron chi connectivity index (χ1n) is 14.0. The Morgan fingerprint density at radius 1 is 1.08 bits per heavy atom. The highest BCUT2D eigenvalue weighted by Gasteiger charge is 2.49. The van der Waals surface area contributed by atoms with E-state index in [2.05, 4.69) is 15.8 Å². The number of hydrogen-bond donors (Lipinski definition) is 2. The van der Waals surface area contributed by atoms with Crippen molar-refractivity contribution in [2.45, 2.75) is 61.8 Å². The molecule has 1 aromatic heterocycles. The second-order valence-electron chi connectivity index (χ2n) is 12.2. The van der Waals surface area contributed by atoms with E-state index in [1.165, 1.54) is 43.9 Å². The van der Waals surface area contributed by atoms with Gasteiger partial charge in [-0.15, -0.1) is 0 Å². The first kappa shape index (κ1) is 25.7. The number of benzene rings is 1. The summed E-state index contributed by atoms with van der Waals surface area (Å²) in [6.07, 6.45) is 6.28. The molecule has 2 N–H and O–H groups in total. The van der Waals surface area contributed by atoms with Crippen LogP contribution >= 0.6 is 11.8 Å². The van der Waals surface area contributed by atoms with Crippen LogP contribution in [0.2, 0.25) is 0 Å². The monoisotopic (exact) mass is 538 g/mol. The normalized spacial score (nSPS) is 28.4. The van der Waals surface area contributed by atoms with Gasteiger partial charge in [-0.25, -0.2) is 0 Å². The van der Waals surface area contributed by atoms with Crippen molar-refractivity contribution < 1.29 is 18.8 Å². The van der Waals surface area contributed by atoms with E-state index in [0.717, 1.165) is 29.8 Å². The molecule has 0 unspecified atom stereocenters. The van der Waals surface area contributed by atoms with E-state index in [-0.39, 0.29) is 36.1 Å². The molecular weight excluding hydrogens is 500 g/mol. The van der Waals surface area contributed by atoms with E-state index >= 15 is 0 Å². The highest BCUT2D eigenvalue weighted by molar-refractivity contribution is 7.99. The number of nitrogens with one attached hydrogen (secondary N) is 2. The maximum Gasteiger partial charge on any atom is 0.291 e. The van der Waals surface area contributed by atoms with E-state index in [1.54, 1.807) is 0 Å². The number of nitrogens with zero attached hydrogens (tertiary/aromatic N) is 2. The van der Waals surface area contributed by atoms with Gasteiger partial charge in [-0.3, -0.25) is 9.59 Å². The lowest BCUT2D eigenvalue weighted by atomic mass is 9.54. The van der Waals surface area contributed by atoms with Crippen LogP contribution in [0.15, 0.2) is 44.6 Å². The van der Waals surface area contributed by atoms with Gasteiger partial charge in [-0.1, -0.05) is 30.0 Å². The molecule has 38 heavy (non-hydrogen) atoms. The standard InChI is InChI=1S/C29H38N4O4S/c1-29(2,28(35)33-10-8-30-9-11-33)17-36-27-25(38-22-6-4-3-5-7-22)24(37-32-27)26(34)31-23-20-13-18-12-19(15-20)16-21(23)14-18/h3-7,18-21,23,30H,8-17H2,1-2H3,(H,31,34). The molecule has 4 bridgehead atoms. The summed E-state index contributed by atoms with van der Waals surface area (Å²) in [5.41, 5.74) is -0.742. The number of piperazine rings is 1. The van der Waals surface area contributed by atoms with Crippen LogP contribution < -0.4 is 15.4 Å². The van der Waals surface area contributed by atoms with Gasteiger partial charge in [0.15, 0.2) is 0 Å². The van der Waals surface area contributed by atoms with Crippen molar-refractivity contribution in [1.82, 2.24) is 20.7 Å². The summed E-state index contributed by atoms with van der Waals surface area (Å²) in [4.78, 5) is 30.2. The van der Waals surface area contributed by atoms with Crippen LogP contribution in [0.5, 0.6) is 5.88 Å². The summed E-state index contributed by atoms with van der Waals surface area (Å²) < 4.78 is 11.8. The molecule has 1 aromatic carbocycles. The summed E-state index contributed by atoms with van der Waals surface area (Å²) in [5.74, 6) is 3.09. The molecule has 2 amide bonds. The SMILES string of the molecule is CC(C)(COc1noc(C(=O)NC2C3CC4CC(C3)CC2C4)c1Sc1ccccc1)C(=O)N1CCNCC1. The van der Waals surface area contributed by atoms with Gasteiger partial charge in [0, 0.05) is 37.1 Å². The molecule has 5 aliphatic rings. The van der Waals surface area contributed by atoms with Crippen LogP contribution in [0.1, 0.15) is 56.5 Å². The lowest BCUT2D eigenvalue weighted by Gasteiger charge is -2.54. The molecule has 1 saturated heterocycles. The molecule has 7 rings (SSSR count). The first-order chi connectivity index (χ1) is 18.4. The highest BCUT2D eigenvalue weighted by atomic mass is 32.2. The van der Waals surface area contributed by atoms with Crippen LogP contribution in [0.4, 0.5) is 0 Å². The Balaban J connectivity index is 1.19. The Morgan fingerprint density at radius 2 is 1.74 bits per heavy atom. The van der Waals surface area contributed by atoms with E-state index in [0.29, 0.717) is 29.8 Å². The second kappa shape index (κ2) is 10.6. The third kappa shape index (κ3) is 5.19. The fraction of sp³-hybridized carbons (Fsp3) is 0.621. The van der Waals surface area contributed by atoms with Gasteiger partial charge >= 0.3 is 0 Å². The molecule has 9 heteroatoms. The van der Waals surface area contributed by atoms with Gasteiger partial charge < -0.3 is 24.8 Å². The molecule has 204 valence electrons. The summed E-state index contributed by atoms with van der Waals surface area (Å²) >= 11 is 1.41. The van der Waals surface area contributed by atoms with Crippen molar-refractivity contribution in [3.05, 3.63) is 36.1 Å². The van der Waals surface area contributed by atoms with Gasteiger partial charge in [-0.05, 0) is 86.9 Å². The molecule has 4 saturated carbocycles. The fourth-order valence-corrected chi connectivity index (χ4v) is 8.12. The number of amides is 2. The number of hydrogen-bond acceptors (Lipinski definition) is 7. The molecule has 0 atom stereocenters. The Labute approximate surface area is 228 Å². The lowest BCUT2D eigenvalue weighted by molar-refractivity contribution is -0.142. The van der Waals surface area contributed by atoms with Gasteiger partial charge in [0.1, 0.15) is 11.5 Å². The topological polar surface area (TPSA) is 96.7 Å². The van der Waals surface area contributed by atoms with Crippen molar-refractivity contribution in [2.24, 2.45) is 29.1 Å². The quantitative estimate of drug-likeness (QED) is 0.520. The molecule has 8 nitrogen and oxygen atoms in total. The highest BCUT2D eigenvalue weighted by Crippen LogP contribution is 2.53. The first-order valence-corrected chi connectivity index (χ1v) is 14.9. The Kier molecular flexibility index (Phi) is 7.16. The molecule has 4 aliphatic carbocycles. The van der Waals surface area contributed by atoms with E-state index < -0.39 is 5.41 Å². The number of aromatic nitrogens is 1. The van der Waals surface area contributed by atoms with Crippen LogP contribution in [-0.2, 0) is 4.79 Å². The van der Waals surface area contributed by atoms with Gasteiger partial charge in [-0.2, -0.15) is 0 Å². The van der Waals surface area contributed by atoms with E-state index in [1.807, 2.05) is 49.1 Å². The molecule has 1 aliphatic heterocycles. The Bertz CT molecular complexity index is 1130. The second-order valence-corrected chi connectivity index (χ2v) is 13.3. The minimum atomic E-state index is -0.742. The average Bonchev–Trinajstić information content (AvgIpc) is 3.32. The van der Waals surface area contributed by atoms with E-state index in [9.17, 15) is 9.59 Å². The fourth-order valence-electron chi connectivity index (χ4n) is 7.18. The zero-order valence-corrected chi connectivity index (χ0v) is 23.1. The number of rotatable bonds is 8. The van der Waals surface area contributed by atoms with Crippen molar-refractivity contribution in [3.63, 3.8) is 0 Å². The van der Waals surface area contributed by atoms with Gasteiger partial charge in [0.05, 0.1) is 5.41 Å². The Morgan fingerprint density at radius 3 is 2.39 bits per heavy atom. The smallest absolute Gasteiger partial charge is 0.291 e. The summed E-state index contributed by atoms with van der Waals surface area (Å²) in [6, 6.07) is 10.0. The predicted octanol–water partition coefficient (Wildman–Crippen LogP) is 4.22. The Hall–Kier alpha value is -2.52. The maximum atomic E-state index is 13.6. The van der Waals surface area contributed by atoms with E-state index in [4.69, 9.17) is 9.26 Å². The zero-order chi connectivity index (χ0) is 26.3. The third-order valence-electron chi connectivity index (χ3n) is 8.87. The van der Waals surface area contributed by atoms with Crippen LogP contribution in [0.3, 0.4) is 0 Å². The maximum absolute atomic E-state index is 13.6. The summed E-state index contributed by atoms with van der Waals surface area (Å²) in [7, 11) is 0. The van der Waals surface area contributed by atoms with Crippen molar-refractivity contribution >= 4 is 23.6 Å². The third-order valence-corrected chi connectivity index (χ3v) is 9.94. The molecule has 2 aromatic rings. The molecule has 5 fully saturated rings. The van der Waals surface area contributed by atoms with Crippen LogP contribution in [-0.4, -0.2) is 60.7 Å². The summed E-state index contributed by atoms with van der Waals surface area (Å²) in [6.45, 7) is 6.90. The number of ether oxygens (including phenoxy) is 1. The lowest BCUT2D eigenvalue weighted by Crippen LogP contribution is -2.55. The molecule has 0 spiro atoms. The summed E-state index contributed by atoms with van der Waals surface area (Å²) in [5, 5.41) is 10.8. The molecule has 0 radical (unpaired) electrons. The van der Waals surface area contributed by atoms with Crippen molar-refractivity contribution in [1.29, 1.82) is 0 Å². The zero-order valence-electron chi connectivity index (χ0n) is 22.3. The van der Waals surface area contributed by atoms with Crippen LogP contribution in [0, 0.1) is 29.1 Å². The van der Waals surface area contributed by atoms with Crippen molar-refractivity contribution in [2.75, 3.05) is 32.8 Å². The van der Waals surface area contributed by atoms with Gasteiger partial charge in [0.2, 0.25) is 11.7 Å². The molecular formula is C29H38N4O4S.